The van der Waals surface area contributed by atoms with Crippen LogP contribution in [0, 0.1) is 0 Å². The second-order valence-electron chi connectivity index (χ2n) is 9.22. The first-order valence-electron chi connectivity index (χ1n) is 12.2. The molecule has 0 aliphatic carbocycles. The number of hydrogen-bond acceptors (Lipinski definition) is 7. The van der Waals surface area contributed by atoms with Crippen molar-refractivity contribution in [3.05, 3.63) is 106 Å². The highest BCUT2D eigenvalue weighted by Crippen LogP contribution is 2.35. The molecule has 0 saturated carbocycles. The summed E-state index contributed by atoms with van der Waals surface area (Å²) in [6, 6.07) is 19.5. The van der Waals surface area contributed by atoms with E-state index in [0.717, 1.165) is 33.0 Å². The van der Waals surface area contributed by atoms with Gasteiger partial charge in [0.25, 0.3) is 0 Å². The number of furan rings is 1. The Morgan fingerprint density at radius 3 is 2.76 bits per heavy atom. The number of aliphatic hydroxyl groups is 1. The summed E-state index contributed by atoms with van der Waals surface area (Å²) < 4.78 is 16.9. The van der Waals surface area contributed by atoms with E-state index in [1.807, 2.05) is 60.7 Å². The van der Waals surface area contributed by atoms with Crippen LogP contribution in [0.15, 0.2) is 89.2 Å². The van der Waals surface area contributed by atoms with Crippen LogP contribution in [0.5, 0.6) is 5.75 Å². The maximum Gasteiger partial charge on any atom is 0.221 e. The van der Waals surface area contributed by atoms with Crippen LogP contribution in [0.3, 0.4) is 0 Å². The summed E-state index contributed by atoms with van der Waals surface area (Å²) in [6.07, 6.45) is 6.11. The number of rotatable bonds is 7. The molecule has 0 spiro atoms. The van der Waals surface area contributed by atoms with E-state index in [9.17, 15) is 9.90 Å². The van der Waals surface area contributed by atoms with E-state index in [0.29, 0.717) is 49.0 Å². The molecule has 2 aromatic heterocycles. The fourth-order valence-electron chi connectivity index (χ4n) is 4.79. The second-order valence-corrected chi connectivity index (χ2v) is 10.1. The lowest BCUT2D eigenvalue weighted by Crippen LogP contribution is -2.33. The predicted octanol–water partition coefficient (Wildman–Crippen LogP) is 6.36. The molecule has 6 nitrogen and oxygen atoms in total. The Kier molecular flexibility index (Phi) is 6.34. The lowest BCUT2D eigenvalue weighted by atomic mass is 9.86. The van der Waals surface area contributed by atoms with Crippen LogP contribution in [0.4, 0.5) is 0 Å². The van der Waals surface area contributed by atoms with Gasteiger partial charge in [0, 0.05) is 48.8 Å². The molecular weight excluding hydrogens is 486 g/mol. The van der Waals surface area contributed by atoms with Crippen molar-refractivity contribution in [3.63, 3.8) is 0 Å². The highest BCUT2D eigenvalue weighted by Gasteiger charge is 2.31. The lowest BCUT2D eigenvalue weighted by Gasteiger charge is -2.32. The smallest absolute Gasteiger partial charge is 0.221 e. The Bertz CT molecular complexity index is 1540. The highest BCUT2D eigenvalue weighted by atomic mass is 32.1. The molecule has 1 aliphatic rings. The van der Waals surface area contributed by atoms with Crippen molar-refractivity contribution < 1.29 is 23.8 Å². The van der Waals surface area contributed by atoms with E-state index in [1.165, 1.54) is 11.3 Å². The van der Waals surface area contributed by atoms with Gasteiger partial charge in [-0.3, -0.25) is 4.79 Å². The maximum absolute atomic E-state index is 13.0. The molecule has 0 bridgehead atoms. The molecule has 3 heterocycles. The van der Waals surface area contributed by atoms with Crippen molar-refractivity contribution in [2.45, 2.75) is 25.0 Å². The van der Waals surface area contributed by atoms with Crippen LogP contribution in [-0.2, 0) is 16.9 Å². The van der Waals surface area contributed by atoms with E-state index < -0.39 is 5.60 Å². The number of hydrogen-bond donors (Lipinski definition) is 1. The third-order valence-electron chi connectivity index (χ3n) is 6.84. The molecule has 3 aromatic carbocycles. The summed E-state index contributed by atoms with van der Waals surface area (Å²) in [4.78, 5) is 17.2. The summed E-state index contributed by atoms with van der Waals surface area (Å²) >= 11 is 1.33. The molecule has 0 unspecified atom stereocenters. The minimum absolute atomic E-state index is 0.104. The molecule has 1 N–H and O–H groups in total. The Morgan fingerprint density at radius 2 is 1.97 bits per heavy atom. The first-order chi connectivity index (χ1) is 18.1. The lowest BCUT2D eigenvalue weighted by molar-refractivity contribution is -0.0679. The number of thiazole rings is 1. The molecule has 0 radical (unpaired) electrons. The molecule has 7 heteroatoms. The van der Waals surface area contributed by atoms with Crippen LogP contribution < -0.4 is 4.74 Å². The number of ketones is 1. The quantitative estimate of drug-likeness (QED) is 0.256. The normalized spacial score (nSPS) is 15.1. The third kappa shape index (κ3) is 4.81. The fraction of sp³-hybridized carbons (Fsp3) is 0.200. The van der Waals surface area contributed by atoms with Crippen molar-refractivity contribution in [2.24, 2.45) is 0 Å². The number of carbonyl (C=O) groups excluding carboxylic acids is 1. The third-order valence-corrected chi connectivity index (χ3v) is 7.61. The molecule has 0 amide bonds. The maximum atomic E-state index is 13.0. The van der Waals surface area contributed by atoms with Crippen LogP contribution in [0.25, 0.3) is 21.9 Å². The number of aromatic nitrogens is 1. The zero-order valence-corrected chi connectivity index (χ0v) is 20.9. The molecule has 1 saturated heterocycles. The van der Waals surface area contributed by atoms with Gasteiger partial charge in [-0.25, -0.2) is 4.98 Å². The van der Waals surface area contributed by atoms with Gasteiger partial charge in [-0.15, -0.1) is 11.3 Å². The number of nitrogens with zero attached hydrogens (tertiary/aromatic N) is 1. The summed E-state index contributed by atoms with van der Waals surface area (Å²) in [6.45, 7) is 1.49. The predicted molar refractivity (Wildman–Crippen MR) is 142 cm³/mol. The SMILES string of the molecule is O=C(c1cc(-c2ccoc2)c2cc(OCc3cccc(C4(O)CCOCC4)c3)ccc2c1)c1nccs1. The number of ether oxygens (including phenoxy) is 2. The van der Waals surface area contributed by atoms with Crippen LogP contribution in [-0.4, -0.2) is 29.1 Å². The molecule has 1 fully saturated rings. The summed E-state index contributed by atoms with van der Waals surface area (Å²) in [5.74, 6) is 0.611. The monoisotopic (exact) mass is 511 g/mol. The van der Waals surface area contributed by atoms with Crippen LogP contribution >= 0.6 is 11.3 Å². The number of fused-ring (bicyclic) bond motifs is 1. The van der Waals surface area contributed by atoms with Gasteiger partial charge < -0.3 is 19.0 Å². The summed E-state index contributed by atoms with van der Waals surface area (Å²) in [5, 5.41) is 15.2. The van der Waals surface area contributed by atoms with Gasteiger partial charge in [0.1, 0.15) is 12.4 Å². The van der Waals surface area contributed by atoms with Gasteiger partial charge in [-0.1, -0.05) is 24.3 Å². The van der Waals surface area contributed by atoms with Crippen molar-refractivity contribution in [3.8, 4) is 16.9 Å². The zero-order chi connectivity index (χ0) is 25.2. The van der Waals surface area contributed by atoms with Crippen LogP contribution in [0.1, 0.15) is 39.3 Å². The molecule has 37 heavy (non-hydrogen) atoms. The molecule has 1 aliphatic heterocycles. The van der Waals surface area contributed by atoms with E-state index in [1.54, 1.807) is 24.1 Å². The standard InChI is InChI=1S/C30H25NO5S/c32-28(29-31-9-13-37-29)23-15-21-4-5-25(17-27(21)26(16-23)22-6-10-35-19-22)36-18-20-2-1-3-24(14-20)30(33)7-11-34-12-8-30/h1-6,9-10,13-17,19,33H,7-8,11-12,18H2. The Hall–Kier alpha value is -3.78. The Labute approximate surface area is 218 Å². The zero-order valence-electron chi connectivity index (χ0n) is 20.1. The van der Waals surface area contributed by atoms with E-state index >= 15 is 0 Å². The summed E-state index contributed by atoms with van der Waals surface area (Å²) in [7, 11) is 0. The van der Waals surface area contributed by atoms with Gasteiger partial charge in [-0.05, 0) is 63.9 Å². The Morgan fingerprint density at radius 1 is 1.08 bits per heavy atom. The van der Waals surface area contributed by atoms with Gasteiger partial charge in [-0.2, -0.15) is 0 Å². The van der Waals surface area contributed by atoms with E-state index in [-0.39, 0.29) is 5.78 Å². The average Bonchev–Trinajstić information content (AvgIpc) is 3.67. The van der Waals surface area contributed by atoms with Crippen molar-refractivity contribution in [1.29, 1.82) is 0 Å². The molecule has 5 aromatic rings. The van der Waals surface area contributed by atoms with E-state index in [4.69, 9.17) is 13.9 Å². The van der Waals surface area contributed by atoms with Gasteiger partial charge >= 0.3 is 0 Å². The molecule has 0 atom stereocenters. The highest BCUT2D eigenvalue weighted by molar-refractivity contribution is 7.11. The molecule has 186 valence electrons. The largest absolute Gasteiger partial charge is 0.489 e. The second kappa shape index (κ2) is 9.94. The summed E-state index contributed by atoms with van der Waals surface area (Å²) in [5.41, 5.74) is 3.38. The Balaban J connectivity index is 1.30. The molecule has 6 rings (SSSR count). The minimum atomic E-state index is -0.857. The first-order valence-corrected chi connectivity index (χ1v) is 13.0. The minimum Gasteiger partial charge on any atom is -0.489 e. The van der Waals surface area contributed by atoms with Crippen molar-refractivity contribution in [1.82, 2.24) is 4.98 Å². The van der Waals surface area contributed by atoms with Gasteiger partial charge in [0.15, 0.2) is 5.01 Å². The number of carbonyl (C=O) groups is 1. The first kappa shape index (κ1) is 23.6. The topological polar surface area (TPSA) is 81.8 Å². The average molecular weight is 512 g/mol. The fourth-order valence-corrected chi connectivity index (χ4v) is 5.39. The van der Waals surface area contributed by atoms with Crippen LogP contribution in [0.2, 0.25) is 0 Å². The molecular formula is C30H25NO5S. The van der Waals surface area contributed by atoms with Crippen molar-refractivity contribution >= 4 is 27.9 Å². The van der Waals surface area contributed by atoms with E-state index in [2.05, 4.69) is 4.98 Å². The number of benzene rings is 3. The van der Waals surface area contributed by atoms with Gasteiger partial charge in [0.05, 0.1) is 18.1 Å². The van der Waals surface area contributed by atoms with Gasteiger partial charge in [0.2, 0.25) is 5.78 Å². The van der Waals surface area contributed by atoms with Crippen molar-refractivity contribution in [2.75, 3.05) is 13.2 Å².